The van der Waals surface area contributed by atoms with Crippen molar-refractivity contribution in [2.45, 2.75) is 48.8 Å². The van der Waals surface area contributed by atoms with Crippen LogP contribution in [0.3, 0.4) is 0 Å². The summed E-state index contributed by atoms with van der Waals surface area (Å²) < 4.78 is 143. The van der Waals surface area contributed by atoms with Gasteiger partial charge in [0.1, 0.15) is 0 Å². The summed E-state index contributed by atoms with van der Waals surface area (Å²) in [6.07, 6.45) is -9.78. The van der Waals surface area contributed by atoms with Crippen LogP contribution in [0.25, 0.3) is 0 Å². The van der Waals surface area contributed by atoms with Gasteiger partial charge in [-0.15, -0.1) is 0 Å². The third-order valence-corrected chi connectivity index (χ3v) is 4.11. The Kier molecular flexibility index (Phi) is 5.98. The predicted octanol–water partition coefficient (Wildman–Crippen LogP) is 6.15. The maximum Gasteiger partial charge on any atom is 0.460 e. The van der Waals surface area contributed by atoms with Crippen molar-refractivity contribution < 1.29 is 53.4 Å². The zero-order valence-electron chi connectivity index (χ0n) is 13.0. The highest BCUT2D eigenvalue weighted by Crippen LogP contribution is 2.59. The molecule has 0 saturated carbocycles. The van der Waals surface area contributed by atoms with E-state index in [1.807, 2.05) is 0 Å². The van der Waals surface area contributed by atoms with Crippen LogP contribution in [0.4, 0.5) is 48.3 Å². The first-order valence-electron chi connectivity index (χ1n) is 6.77. The molecule has 0 aliphatic rings. The molecule has 1 N–H and O–H groups in total. The minimum absolute atomic E-state index is 0.157. The summed E-state index contributed by atoms with van der Waals surface area (Å²) in [6.45, 7) is 0.485. The van der Waals surface area contributed by atoms with Crippen LogP contribution in [0.15, 0.2) is 28.7 Å². The van der Waals surface area contributed by atoms with Crippen LogP contribution in [-0.2, 0) is 5.60 Å². The predicted molar refractivity (Wildman–Crippen MR) is 74.2 cm³/mol. The van der Waals surface area contributed by atoms with Gasteiger partial charge in [-0.3, -0.25) is 0 Å². The van der Waals surface area contributed by atoms with E-state index in [2.05, 4.69) is 15.9 Å². The molecule has 0 heterocycles. The third kappa shape index (κ3) is 4.03. The Morgan fingerprint density at radius 2 is 1.30 bits per heavy atom. The van der Waals surface area contributed by atoms with E-state index in [9.17, 15) is 53.4 Å². The van der Waals surface area contributed by atoms with E-state index in [0.29, 0.717) is 6.92 Å². The molecule has 0 spiro atoms. The van der Waals surface area contributed by atoms with E-state index in [0.717, 1.165) is 18.2 Å². The first-order valence-corrected chi connectivity index (χ1v) is 7.56. The van der Waals surface area contributed by atoms with E-state index >= 15 is 0 Å². The monoisotopic (exact) mass is 482 g/mol. The molecule has 1 atom stereocenters. The number of hydrogen-bond donors (Lipinski definition) is 1. The lowest BCUT2D eigenvalue weighted by Gasteiger charge is -2.39. The Balaban J connectivity index is 3.35. The molecule has 1 rings (SSSR count). The normalized spacial score (nSPS) is 17.0. The second kappa shape index (κ2) is 6.75. The molecule has 0 aliphatic heterocycles. The largest absolute Gasteiger partial charge is 0.460 e. The van der Waals surface area contributed by atoms with Crippen LogP contribution in [0.1, 0.15) is 18.9 Å². The number of alkyl halides is 11. The Labute approximate surface area is 153 Å². The van der Waals surface area contributed by atoms with Crippen molar-refractivity contribution in [2.24, 2.45) is 0 Å². The molecule has 13 heteroatoms. The summed E-state index contributed by atoms with van der Waals surface area (Å²) in [6, 6.07) is 4.35. The maximum atomic E-state index is 13.8. The van der Waals surface area contributed by atoms with Crippen LogP contribution in [0.2, 0.25) is 0 Å². The van der Waals surface area contributed by atoms with Gasteiger partial charge in [-0.25, -0.2) is 0 Å². The molecule has 0 fully saturated rings. The molecule has 0 bridgehead atoms. The number of hydrogen-bond acceptors (Lipinski definition) is 1. The van der Waals surface area contributed by atoms with E-state index in [1.165, 1.54) is 6.07 Å². The van der Waals surface area contributed by atoms with Crippen LogP contribution < -0.4 is 0 Å². The lowest BCUT2D eigenvalue weighted by atomic mass is 9.85. The fraction of sp³-hybridized carbons (Fsp3) is 0.571. The molecule has 156 valence electrons. The summed E-state index contributed by atoms with van der Waals surface area (Å²) in [5.74, 6) is -28.2. The summed E-state index contributed by atoms with van der Waals surface area (Å²) >= 11 is 2.86. The number of halogens is 12. The van der Waals surface area contributed by atoms with Crippen molar-refractivity contribution in [3.63, 3.8) is 0 Å². The smallest absolute Gasteiger partial charge is 0.385 e. The minimum atomic E-state index is -7.49. The molecule has 1 aromatic rings. The highest BCUT2D eigenvalue weighted by Gasteiger charge is 2.87. The molecule has 0 amide bonds. The lowest BCUT2D eigenvalue weighted by Crippen LogP contribution is -2.67. The van der Waals surface area contributed by atoms with Crippen LogP contribution in [0, 0.1) is 0 Å². The number of aliphatic hydroxyl groups is 1. The Morgan fingerprint density at radius 1 is 0.815 bits per heavy atom. The molecule has 1 unspecified atom stereocenters. The molecule has 0 radical (unpaired) electrons. The Bertz CT molecular complexity index is 682. The van der Waals surface area contributed by atoms with Crippen molar-refractivity contribution in [2.75, 3.05) is 0 Å². The van der Waals surface area contributed by atoms with E-state index in [1.54, 1.807) is 0 Å². The topological polar surface area (TPSA) is 20.2 Å². The summed E-state index contributed by atoms with van der Waals surface area (Å²) in [5, 5.41) is 9.95. The van der Waals surface area contributed by atoms with E-state index in [4.69, 9.17) is 0 Å². The minimum Gasteiger partial charge on any atom is -0.385 e. The van der Waals surface area contributed by atoms with Gasteiger partial charge >= 0.3 is 29.9 Å². The average Bonchev–Trinajstić information content (AvgIpc) is 2.44. The SMILES string of the molecule is CC(O)(CC(F)(F)C(F)(F)C(F)(F)C(F)(F)C(F)(F)F)c1cccc(Br)c1. The van der Waals surface area contributed by atoms with Gasteiger partial charge in [0.05, 0.1) is 12.0 Å². The van der Waals surface area contributed by atoms with Crippen LogP contribution >= 0.6 is 15.9 Å². The second-order valence-electron chi connectivity index (χ2n) is 5.89. The van der Waals surface area contributed by atoms with Gasteiger partial charge in [0.15, 0.2) is 0 Å². The van der Waals surface area contributed by atoms with Crippen LogP contribution in [-0.4, -0.2) is 35.0 Å². The van der Waals surface area contributed by atoms with Gasteiger partial charge in [0, 0.05) is 4.47 Å². The maximum absolute atomic E-state index is 13.8. The van der Waals surface area contributed by atoms with Gasteiger partial charge < -0.3 is 5.11 Å². The first-order chi connectivity index (χ1) is 11.7. The molecule has 0 saturated heterocycles. The first kappa shape index (κ1) is 23.9. The Morgan fingerprint density at radius 3 is 1.70 bits per heavy atom. The van der Waals surface area contributed by atoms with Crippen molar-refractivity contribution in [1.82, 2.24) is 0 Å². The van der Waals surface area contributed by atoms with Gasteiger partial charge in [0.25, 0.3) is 0 Å². The molecule has 0 aliphatic carbocycles. The fourth-order valence-electron chi connectivity index (χ4n) is 2.07. The second-order valence-corrected chi connectivity index (χ2v) is 6.80. The van der Waals surface area contributed by atoms with E-state index in [-0.39, 0.29) is 4.47 Å². The van der Waals surface area contributed by atoms with Crippen LogP contribution in [0.5, 0.6) is 0 Å². The quantitative estimate of drug-likeness (QED) is 0.482. The van der Waals surface area contributed by atoms with Gasteiger partial charge in [-0.2, -0.15) is 48.3 Å². The number of rotatable bonds is 6. The van der Waals surface area contributed by atoms with Gasteiger partial charge in [-0.05, 0) is 24.6 Å². The molecule has 1 nitrogen and oxygen atoms in total. The van der Waals surface area contributed by atoms with Crippen molar-refractivity contribution in [3.8, 4) is 0 Å². The number of benzene rings is 1. The fourth-order valence-corrected chi connectivity index (χ4v) is 2.47. The highest BCUT2D eigenvalue weighted by molar-refractivity contribution is 9.10. The van der Waals surface area contributed by atoms with Crippen molar-refractivity contribution >= 4 is 15.9 Å². The van der Waals surface area contributed by atoms with Crippen molar-refractivity contribution in [1.29, 1.82) is 0 Å². The summed E-state index contributed by atoms with van der Waals surface area (Å²) in [7, 11) is 0. The molecular weight excluding hydrogens is 473 g/mol. The zero-order chi connectivity index (χ0) is 21.7. The third-order valence-electron chi connectivity index (χ3n) is 3.62. The van der Waals surface area contributed by atoms with Gasteiger partial charge in [-0.1, -0.05) is 28.1 Å². The summed E-state index contributed by atoms with van der Waals surface area (Å²) in [5.41, 5.74) is -3.47. The van der Waals surface area contributed by atoms with Crippen molar-refractivity contribution in [3.05, 3.63) is 34.3 Å². The average molecular weight is 483 g/mol. The van der Waals surface area contributed by atoms with E-state index < -0.39 is 47.5 Å². The highest BCUT2D eigenvalue weighted by atomic mass is 79.9. The molecular formula is C14H10BrF11O. The molecule has 1 aromatic carbocycles. The zero-order valence-corrected chi connectivity index (χ0v) is 14.6. The molecule has 0 aromatic heterocycles. The summed E-state index contributed by atoms with van der Waals surface area (Å²) in [4.78, 5) is 0. The van der Waals surface area contributed by atoms with Gasteiger partial charge in [0.2, 0.25) is 0 Å². The lowest BCUT2D eigenvalue weighted by molar-refractivity contribution is -0.424. The standard InChI is InChI=1S/C14H10BrF11O/c1-9(27,7-3-2-4-8(15)5-7)6-10(16,17)11(18,19)12(20,21)13(22,23)14(24,25)26/h2-5,27H,6H2,1H3. The Hall–Kier alpha value is -1.11. The molecule has 27 heavy (non-hydrogen) atoms.